The third-order valence-electron chi connectivity index (χ3n) is 1.27. The Hall–Kier alpha value is 0.650. The summed E-state index contributed by atoms with van der Waals surface area (Å²) in [4.78, 5) is 11.1. The summed E-state index contributed by atoms with van der Waals surface area (Å²) in [5.41, 5.74) is 0. The second-order valence-electron chi connectivity index (χ2n) is 1.73. The summed E-state index contributed by atoms with van der Waals surface area (Å²) in [6, 6.07) is 0. The van der Waals surface area contributed by atoms with Crippen molar-refractivity contribution in [3.8, 4) is 0 Å². The fourth-order valence-electron chi connectivity index (χ4n) is 0.673. The van der Waals surface area contributed by atoms with E-state index in [-0.39, 0.29) is 5.78 Å². The number of Topliss-reactive ketones (excluding diaryl/α,β-unsaturated/α-hetero) is 1. The molecule has 0 unspecified atom stereocenters. The van der Waals surface area contributed by atoms with Crippen LogP contribution in [-0.4, -0.2) is 34.6 Å². The molecule has 0 atom stereocenters. The van der Waals surface area contributed by atoms with Gasteiger partial charge in [-0.25, -0.2) is 4.39 Å². The second-order valence-corrected chi connectivity index (χ2v) is 5.56. The lowest BCUT2D eigenvalue weighted by molar-refractivity contribution is -0.118. The minimum Gasteiger partial charge on any atom is -0.293 e. The maximum absolute atomic E-state index is 12.1. The van der Waals surface area contributed by atoms with Crippen molar-refractivity contribution in [3.63, 3.8) is 0 Å². The summed E-state index contributed by atoms with van der Waals surface area (Å²) in [7, 11) is 0. The Balaban J connectivity index is 4.39. The highest BCUT2D eigenvalue weighted by atomic mass is 32.3. The largest absolute Gasteiger partial charge is 0.293 e. The Kier molecular flexibility index (Phi) is 5.64. The number of hydrogen-bond donors (Lipinski definition) is 0. The van der Waals surface area contributed by atoms with E-state index in [4.69, 9.17) is 0 Å². The van der Waals surface area contributed by atoms with Crippen LogP contribution >= 0.6 is 35.3 Å². The smallest absolute Gasteiger partial charge is 0.199 e. The number of carbonyl (C=O) groups excluding carboxylic acids is 1. The summed E-state index contributed by atoms with van der Waals surface area (Å²) in [5, 5.41) is 0. The van der Waals surface area contributed by atoms with Crippen LogP contribution in [0.2, 0.25) is 0 Å². The quantitative estimate of drug-likeness (QED) is 0.653. The molecule has 0 bridgehead atoms. The molecule has 0 aromatic heterocycles. The Morgan fingerprint density at radius 3 is 1.73 bits per heavy atom. The van der Waals surface area contributed by atoms with E-state index >= 15 is 0 Å². The number of ketones is 1. The van der Waals surface area contributed by atoms with Crippen LogP contribution in [0, 0.1) is 0 Å². The molecular weight excluding hydrogens is 203 g/mol. The molecule has 66 valence electrons. The van der Waals surface area contributed by atoms with Crippen molar-refractivity contribution in [3.05, 3.63) is 0 Å². The Morgan fingerprint density at radius 2 is 1.64 bits per heavy atom. The standard InChI is InChI=1S/C6H11FOS3/c1-9-6(10-2,11-3)5(8)4-7/h4H2,1-3H3. The fourth-order valence-corrected chi connectivity index (χ4v) is 3.52. The van der Waals surface area contributed by atoms with Gasteiger partial charge in [0.25, 0.3) is 0 Å². The van der Waals surface area contributed by atoms with Gasteiger partial charge in [0.15, 0.2) is 15.9 Å². The average Bonchev–Trinajstić information content (AvgIpc) is 2.08. The maximum atomic E-state index is 12.1. The summed E-state index contributed by atoms with van der Waals surface area (Å²) in [6.07, 6.45) is 5.46. The number of hydrogen-bond acceptors (Lipinski definition) is 4. The molecule has 0 fully saturated rings. The molecule has 0 amide bonds. The molecule has 0 aliphatic rings. The predicted octanol–water partition coefficient (Wildman–Crippen LogP) is 2.27. The highest BCUT2D eigenvalue weighted by Gasteiger charge is 2.35. The molecule has 1 nitrogen and oxygen atoms in total. The number of alkyl halides is 1. The SMILES string of the molecule is CSC(SC)(SC)C(=O)CF. The molecule has 0 heterocycles. The van der Waals surface area contributed by atoms with Crippen molar-refractivity contribution in [2.24, 2.45) is 0 Å². The molecule has 0 N–H and O–H groups in total. The van der Waals surface area contributed by atoms with Gasteiger partial charge in [0.05, 0.1) is 0 Å². The van der Waals surface area contributed by atoms with Gasteiger partial charge < -0.3 is 0 Å². The number of rotatable bonds is 5. The Labute approximate surface area is 79.3 Å². The van der Waals surface area contributed by atoms with Crippen LogP contribution in [0.25, 0.3) is 0 Å². The van der Waals surface area contributed by atoms with Crippen molar-refractivity contribution < 1.29 is 9.18 Å². The first-order chi connectivity index (χ1) is 5.16. The third-order valence-corrected chi connectivity index (χ3v) is 6.56. The number of carbonyl (C=O) groups is 1. The first kappa shape index (κ1) is 11.6. The van der Waals surface area contributed by atoms with Gasteiger partial charge >= 0.3 is 0 Å². The molecule has 0 spiro atoms. The van der Waals surface area contributed by atoms with Crippen molar-refractivity contribution in [1.82, 2.24) is 0 Å². The zero-order valence-electron chi connectivity index (χ0n) is 6.72. The monoisotopic (exact) mass is 214 g/mol. The lowest BCUT2D eigenvalue weighted by atomic mass is 10.5. The maximum Gasteiger partial charge on any atom is 0.199 e. The van der Waals surface area contributed by atoms with Crippen molar-refractivity contribution >= 4 is 41.1 Å². The molecule has 0 aromatic carbocycles. The van der Waals surface area contributed by atoms with E-state index in [1.807, 2.05) is 18.8 Å². The molecule has 0 saturated carbocycles. The van der Waals surface area contributed by atoms with Crippen molar-refractivity contribution in [2.75, 3.05) is 25.4 Å². The lowest BCUT2D eigenvalue weighted by Crippen LogP contribution is -2.28. The van der Waals surface area contributed by atoms with Gasteiger partial charge in [0.2, 0.25) is 0 Å². The van der Waals surface area contributed by atoms with Crippen LogP contribution in [0.15, 0.2) is 0 Å². The van der Waals surface area contributed by atoms with E-state index in [9.17, 15) is 9.18 Å². The Morgan fingerprint density at radius 1 is 1.27 bits per heavy atom. The zero-order chi connectivity index (χ0) is 8.91. The van der Waals surface area contributed by atoms with Crippen molar-refractivity contribution in [2.45, 2.75) is 3.41 Å². The van der Waals surface area contributed by atoms with Gasteiger partial charge in [-0.05, 0) is 18.8 Å². The van der Waals surface area contributed by atoms with E-state index in [2.05, 4.69) is 0 Å². The number of halogens is 1. The van der Waals surface area contributed by atoms with Gasteiger partial charge in [-0.3, -0.25) is 4.79 Å². The second kappa shape index (κ2) is 5.32. The number of thioether (sulfide) groups is 3. The van der Waals surface area contributed by atoms with Crippen LogP contribution in [-0.2, 0) is 4.79 Å². The van der Waals surface area contributed by atoms with Crippen molar-refractivity contribution in [1.29, 1.82) is 0 Å². The topological polar surface area (TPSA) is 17.1 Å². The summed E-state index contributed by atoms with van der Waals surface area (Å²) in [6.45, 7) is -0.872. The molecule has 0 rings (SSSR count). The molecule has 5 heteroatoms. The van der Waals surface area contributed by atoms with E-state index in [0.29, 0.717) is 0 Å². The van der Waals surface area contributed by atoms with E-state index in [0.717, 1.165) is 0 Å². The minimum atomic E-state index is -0.872. The van der Waals surface area contributed by atoms with Crippen LogP contribution < -0.4 is 0 Å². The minimum absolute atomic E-state index is 0.343. The Bertz CT molecular complexity index is 128. The highest BCUT2D eigenvalue weighted by molar-refractivity contribution is 8.34. The van der Waals surface area contributed by atoms with Crippen LogP contribution in [0.3, 0.4) is 0 Å². The van der Waals surface area contributed by atoms with Crippen LogP contribution in [0.1, 0.15) is 0 Å². The summed E-state index contributed by atoms with van der Waals surface area (Å²) >= 11 is 4.16. The van der Waals surface area contributed by atoms with E-state index in [1.165, 1.54) is 35.3 Å². The van der Waals surface area contributed by atoms with Crippen LogP contribution in [0.4, 0.5) is 4.39 Å². The molecular formula is C6H11FOS3. The van der Waals surface area contributed by atoms with E-state index in [1.54, 1.807) is 0 Å². The van der Waals surface area contributed by atoms with Gasteiger partial charge in [-0.15, -0.1) is 35.3 Å². The molecule has 0 aromatic rings. The lowest BCUT2D eigenvalue weighted by Gasteiger charge is -2.24. The predicted molar refractivity (Wildman–Crippen MR) is 54.3 cm³/mol. The van der Waals surface area contributed by atoms with Gasteiger partial charge in [0.1, 0.15) is 0 Å². The van der Waals surface area contributed by atoms with Gasteiger partial charge in [-0.2, -0.15) is 0 Å². The summed E-state index contributed by atoms with van der Waals surface area (Å²) < 4.78 is 11.4. The summed E-state index contributed by atoms with van der Waals surface area (Å²) in [5.74, 6) is -0.343. The first-order valence-corrected chi connectivity index (χ1v) is 6.59. The molecule has 0 aliphatic heterocycles. The normalized spacial score (nSPS) is 11.6. The highest BCUT2D eigenvalue weighted by Crippen LogP contribution is 2.43. The first-order valence-electron chi connectivity index (χ1n) is 2.91. The van der Waals surface area contributed by atoms with Gasteiger partial charge in [0, 0.05) is 0 Å². The molecule has 0 aliphatic carbocycles. The fraction of sp³-hybridized carbons (Fsp3) is 0.833. The molecule has 11 heavy (non-hydrogen) atoms. The van der Waals surface area contributed by atoms with E-state index < -0.39 is 10.1 Å². The third kappa shape index (κ3) is 2.56. The molecule has 0 saturated heterocycles. The van der Waals surface area contributed by atoms with Gasteiger partial charge in [-0.1, -0.05) is 0 Å². The average molecular weight is 214 g/mol. The molecule has 0 radical (unpaired) electrons. The van der Waals surface area contributed by atoms with Crippen LogP contribution in [0.5, 0.6) is 0 Å². The zero-order valence-corrected chi connectivity index (χ0v) is 9.17.